The van der Waals surface area contributed by atoms with Gasteiger partial charge in [0.1, 0.15) is 11.5 Å². The maximum atomic E-state index is 11.2. The quantitative estimate of drug-likeness (QED) is 0.704. The topological polar surface area (TPSA) is 55.8 Å². The maximum absolute atomic E-state index is 11.2. The molecule has 0 amide bonds. The van der Waals surface area contributed by atoms with Gasteiger partial charge in [-0.3, -0.25) is 0 Å². The molecule has 1 N–H and O–H groups in total. The molecular weight excluding hydrogens is 196 g/mol. The highest BCUT2D eigenvalue weighted by molar-refractivity contribution is 5.77. The van der Waals surface area contributed by atoms with Gasteiger partial charge in [0.2, 0.25) is 0 Å². The summed E-state index contributed by atoms with van der Waals surface area (Å²) in [6.45, 7) is 1.78. The van der Waals surface area contributed by atoms with Crippen molar-refractivity contribution in [3.8, 4) is 11.5 Å². The number of ether oxygens (including phenoxy) is 2. The highest BCUT2D eigenvalue weighted by Gasteiger charge is 2.30. The molecule has 0 aromatic heterocycles. The number of aromatic hydroxyl groups is 1. The van der Waals surface area contributed by atoms with Crippen molar-refractivity contribution < 1.29 is 19.4 Å². The summed E-state index contributed by atoms with van der Waals surface area (Å²) in [6.07, 6.45) is -0.123. The summed E-state index contributed by atoms with van der Waals surface area (Å²) in [5.74, 6) is 0.493. The normalized spacial score (nSPS) is 18.1. The Kier molecular flexibility index (Phi) is 2.26. The van der Waals surface area contributed by atoms with Gasteiger partial charge in [-0.1, -0.05) is 0 Å². The predicted octanol–water partition coefficient (Wildman–Crippen LogP) is 1.18. The number of fused-ring (bicyclic) bond motifs is 1. The lowest BCUT2D eigenvalue weighted by molar-refractivity contribution is -0.147. The molecule has 0 saturated carbocycles. The van der Waals surface area contributed by atoms with E-state index < -0.39 is 6.10 Å². The smallest absolute Gasteiger partial charge is 0.347 e. The lowest BCUT2D eigenvalue weighted by Gasteiger charge is -2.07. The van der Waals surface area contributed by atoms with Crippen LogP contribution in [0.3, 0.4) is 0 Å². The number of phenolic OH excluding ortho intramolecular Hbond substituents is 1. The molecule has 1 atom stereocenters. The van der Waals surface area contributed by atoms with Crippen LogP contribution in [0.15, 0.2) is 12.1 Å². The van der Waals surface area contributed by atoms with Crippen molar-refractivity contribution in [3.05, 3.63) is 23.3 Å². The first-order valence-corrected chi connectivity index (χ1v) is 4.69. The van der Waals surface area contributed by atoms with Crippen LogP contribution in [0.4, 0.5) is 0 Å². The molecule has 1 aromatic rings. The molecule has 1 aliphatic rings. The molecule has 0 fully saturated rings. The van der Waals surface area contributed by atoms with E-state index in [2.05, 4.69) is 4.74 Å². The number of benzene rings is 1. The molecule has 0 aliphatic carbocycles. The Morgan fingerprint density at radius 3 is 3.00 bits per heavy atom. The Hall–Kier alpha value is -1.71. The zero-order valence-corrected chi connectivity index (χ0v) is 8.61. The number of phenols is 1. The molecule has 15 heavy (non-hydrogen) atoms. The molecule has 80 valence electrons. The molecule has 2 rings (SSSR count). The molecule has 1 aromatic carbocycles. The van der Waals surface area contributed by atoms with E-state index in [0.717, 1.165) is 11.1 Å². The van der Waals surface area contributed by atoms with Crippen LogP contribution >= 0.6 is 0 Å². The lowest BCUT2D eigenvalue weighted by Crippen LogP contribution is -2.26. The van der Waals surface area contributed by atoms with E-state index in [9.17, 15) is 9.90 Å². The monoisotopic (exact) mass is 208 g/mol. The molecule has 0 radical (unpaired) electrons. The number of carbonyl (C=O) groups excluding carboxylic acids is 1. The van der Waals surface area contributed by atoms with Gasteiger partial charge in [0.25, 0.3) is 0 Å². The molecule has 4 nitrogen and oxygen atoms in total. The minimum Gasteiger partial charge on any atom is -0.508 e. The number of methoxy groups -OCH3 is 1. The van der Waals surface area contributed by atoms with Crippen molar-refractivity contribution in [1.29, 1.82) is 0 Å². The van der Waals surface area contributed by atoms with E-state index in [-0.39, 0.29) is 11.7 Å². The predicted molar refractivity (Wildman–Crippen MR) is 53.0 cm³/mol. The first-order chi connectivity index (χ1) is 7.11. The fourth-order valence-electron chi connectivity index (χ4n) is 1.64. The SMILES string of the molecule is COC(=O)C1Cc2cc(O)c(C)cc2O1. The van der Waals surface area contributed by atoms with Crippen molar-refractivity contribution in [2.24, 2.45) is 0 Å². The van der Waals surface area contributed by atoms with Crippen LogP contribution in [0.25, 0.3) is 0 Å². The second-order valence-electron chi connectivity index (χ2n) is 3.58. The summed E-state index contributed by atoms with van der Waals surface area (Å²) in [6, 6.07) is 3.36. The average molecular weight is 208 g/mol. The van der Waals surface area contributed by atoms with Crippen LogP contribution < -0.4 is 4.74 Å². The summed E-state index contributed by atoms with van der Waals surface area (Å²) in [7, 11) is 1.33. The lowest BCUT2D eigenvalue weighted by atomic mass is 10.1. The van der Waals surface area contributed by atoms with Crippen molar-refractivity contribution in [2.75, 3.05) is 7.11 Å². The van der Waals surface area contributed by atoms with Crippen LogP contribution in [-0.2, 0) is 16.0 Å². The number of hydrogen-bond acceptors (Lipinski definition) is 4. The second-order valence-corrected chi connectivity index (χ2v) is 3.58. The van der Waals surface area contributed by atoms with Gasteiger partial charge in [-0.05, 0) is 24.6 Å². The average Bonchev–Trinajstić information content (AvgIpc) is 2.60. The van der Waals surface area contributed by atoms with Crippen LogP contribution in [0.5, 0.6) is 11.5 Å². The maximum Gasteiger partial charge on any atom is 0.347 e. The number of rotatable bonds is 1. The molecule has 1 aliphatic heterocycles. The van der Waals surface area contributed by atoms with Crippen molar-refractivity contribution in [3.63, 3.8) is 0 Å². The van der Waals surface area contributed by atoms with Crippen molar-refractivity contribution >= 4 is 5.97 Å². The van der Waals surface area contributed by atoms with Gasteiger partial charge in [-0.25, -0.2) is 4.79 Å². The first kappa shape index (κ1) is 9.83. The van der Waals surface area contributed by atoms with Gasteiger partial charge >= 0.3 is 5.97 Å². The van der Waals surface area contributed by atoms with Gasteiger partial charge in [0, 0.05) is 12.0 Å². The van der Waals surface area contributed by atoms with Crippen LogP contribution in [-0.4, -0.2) is 24.3 Å². The number of carbonyl (C=O) groups is 1. The number of esters is 1. The summed E-state index contributed by atoms with van der Waals surface area (Å²) in [4.78, 5) is 11.2. The standard InChI is InChI=1S/C11H12O4/c1-6-3-9-7(4-8(6)12)5-10(15-9)11(13)14-2/h3-4,10,12H,5H2,1-2H3. The van der Waals surface area contributed by atoms with Crippen LogP contribution in [0, 0.1) is 6.92 Å². The van der Waals surface area contributed by atoms with E-state index in [4.69, 9.17) is 4.74 Å². The Bertz CT molecular complexity index is 380. The molecule has 0 spiro atoms. The van der Waals surface area contributed by atoms with E-state index in [1.54, 1.807) is 19.1 Å². The third-order valence-corrected chi connectivity index (χ3v) is 2.52. The van der Waals surface area contributed by atoms with E-state index >= 15 is 0 Å². The molecule has 0 bridgehead atoms. The third kappa shape index (κ3) is 1.63. The van der Waals surface area contributed by atoms with Crippen molar-refractivity contribution in [2.45, 2.75) is 19.4 Å². The number of aryl methyl sites for hydroxylation is 1. The second kappa shape index (κ2) is 3.46. The van der Waals surface area contributed by atoms with Gasteiger partial charge in [-0.15, -0.1) is 0 Å². The number of hydrogen-bond donors (Lipinski definition) is 1. The summed E-state index contributed by atoms with van der Waals surface area (Å²) < 4.78 is 10.0. The highest BCUT2D eigenvalue weighted by atomic mass is 16.6. The molecule has 1 unspecified atom stereocenters. The van der Waals surface area contributed by atoms with E-state index in [0.29, 0.717) is 12.2 Å². The highest BCUT2D eigenvalue weighted by Crippen LogP contribution is 2.34. The van der Waals surface area contributed by atoms with E-state index in [1.807, 2.05) is 0 Å². The summed E-state index contributed by atoms with van der Waals surface area (Å²) >= 11 is 0. The Morgan fingerprint density at radius 2 is 2.33 bits per heavy atom. The summed E-state index contributed by atoms with van der Waals surface area (Å²) in [5.41, 5.74) is 1.58. The van der Waals surface area contributed by atoms with Crippen LogP contribution in [0.1, 0.15) is 11.1 Å². The third-order valence-electron chi connectivity index (χ3n) is 2.52. The zero-order valence-electron chi connectivity index (χ0n) is 8.61. The minimum absolute atomic E-state index is 0.225. The van der Waals surface area contributed by atoms with Gasteiger partial charge < -0.3 is 14.6 Å². The Labute approximate surface area is 87.4 Å². The van der Waals surface area contributed by atoms with Gasteiger partial charge in [0.15, 0.2) is 6.10 Å². The largest absolute Gasteiger partial charge is 0.508 e. The van der Waals surface area contributed by atoms with E-state index in [1.165, 1.54) is 7.11 Å². The molecule has 1 heterocycles. The molecule has 0 saturated heterocycles. The summed E-state index contributed by atoms with van der Waals surface area (Å²) in [5, 5.41) is 9.49. The minimum atomic E-state index is -0.578. The Morgan fingerprint density at radius 1 is 1.60 bits per heavy atom. The van der Waals surface area contributed by atoms with Crippen molar-refractivity contribution in [1.82, 2.24) is 0 Å². The van der Waals surface area contributed by atoms with Gasteiger partial charge in [0.05, 0.1) is 7.11 Å². The van der Waals surface area contributed by atoms with Gasteiger partial charge in [-0.2, -0.15) is 0 Å². The van der Waals surface area contributed by atoms with Crippen LogP contribution in [0.2, 0.25) is 0 Å². The zero-order chi connectivity index (χ0) is 11.0. The molecule has 4 heteroatoms. The fourth-order valence-corrected chi connectivity index (χ4v) is 1.64. The first-order valence-electron chi connectivity index (χ1n) is 4.69. The Balaban J connectivity index is 2.27. The molecular formula is C11H12O4. The fraction of sp³-hybridized carbons (Fsp3) is 0.364.